The van der Waals surface area contributed by atoms with Crippen molar-refractivity contribution in [2.45, 2.75) is 57.1 Å². The summed E-state index contributed by atoms with van der Waals surface area (Å²) in [6.07, 6.45) is -4.57. The third kappa shape index (κ3) is 6.92. The highest BCUT2D eigenvalue weighted by Gasteiger charge is 2.39. The number of sulfone groups is 1. The molecule has 2 aliphatic heterocycles. The number of benzene rings is 1. The molecule has 0 spiro atoms. The SMILES string of the molecule is CCS(=O)(=O)c1ccc(CNC(=O)c2nc3c(s2)CN(CC2CN(CC(F)(F)F)CCO2)[C@H]3C(C)C)cc1. The maximum atomic E-state index is 12.8. The van der Waals surface area contributed by atoms with Crippen LogP contribution in [0.2, 0.25) is 0 Å². The van der Waals surface area contributed by atoms with E-state index in [4.69, 9.17) is 4.74 Å². The number of nitrogens with one attached hydrogen (secondary N) is 1. The number of fused-ring (bicyclic) bond motifs is 1. The first kappa shape index (κ1) is 28.9. The average molecular weight is 575 g/mol. The number of rotatable bonds is 9. The van der Waals surface area contributed by atoms with E-state index in [1.165, 1.54) is 16.2 Å². The van der Waals surface area contributed by atoms with Gasteiger partial charge in [0.15, 0.2) is 14.8 Å². The number of amides is 1. The molecule has 1 saturated heterocycles. The molecule has 1 aromatic carbocycles. The highest BCUT2D eigenvalue weighted by molar-refractivity contribution is 7.91. The number of alkyl halides is 3. The smallest absolute Gasteiger partial charge is 0.374 e. The van der Waals surface area contributed by atoms with E-state index in [9.17, 15) is 26.4 Å². The molecule has 0 saturated carbocycles. The first-order valence-corrected chi connectivity index (χ1v) is 15.1. The molecule has 0 aliphatic carbocycles. The van der Waals surface area contributed by atoms with Crippen LogP contribution in [-0.2, 0) is 27.7 Å². The van der Waals surface area contributed by atoms with Gasteiger partial charge in [-0.1, -0.05) is 32.9 Å². The van der Waals surface area contributed by atoms with E-state index in [-0.39, 0.29) is 60.9 Å². The van der Waals surface area contributed by atoms with Crippen LogP contribution < -0.4 is 5.32 Å². The Labute approximate surface area is 225 Å². The molecular weight excluding hydrogens is 541 g/mol. The topological polar surface area (TPSA) is 91.8 Å². The second kappa shape index (κ2) is 11.6. The molecule has 2 aliphatic rings. The minimum Gasteiger partial charge on any atom is -0.374 e. The van der Waals surface area contributed by atoms with Crippen molar-refractivity contribution in [1.82, 2.24) is 20.1 Å². The van der Waals surface area contributed by atoms with E-state index >= 15 is 0 Å². The molecule has 3 heterocycles. The normalized spacial score (nSPS) is 21.1. The van der Waals surface area contributed by atoms with E-state index in [1.54, 1.807) is 31.2 Å². The maximum absolute atomic E-state index is 12.8. The van der Waals surface area contributed by atoms with Crippen molar-refractivity contribution in [3.63, 3.8) is 0 Å². The Morgan fingerprint density at radius 3 is 2.61 bits per heavy atom. The van der Waals surface area contributed by atoms with Gasteiger partial charge in [-0.25, -0.2) is 13.4 Å². The Kier molecular flexibility index (Phi) is 8.82. The zero-order chi connectivity index (χ0) is 27.7. The number of ether oxygens (including phenoxy) is 1. The van der Waals surface area contributed by atoms with E-state index in [0.29, 0.717) is 18.1 Å². The summed E-state index contributed by atoms with van der Waals surface area (Å²) < 4.78 is 68.3. The summed E-state index contributed by atoms with van der Waals surface area (Å²) in [5.74, 6) is -0.0966. The van der Waals surface area contributed by atoms with Crippen LogP contribution in [0, 0.1) is 5.92 Å². The predicted molar refractivity (Wildman–Crippen MR) is 138 cm³/mol. The van der Waals surface area contributed by atoms with Crippen LogP contribution >= 0.6 is 11.3 Å². The number of carbonyl (C=O) groups excluding carboxylic acids is 1. The highest BCUT2D eigenvalue weighted by atomic mass is 32.2. The van der Waals surface area contributed by atoms with Crippen LogP contribution in [0.15, 0.2) is 29.2 Å². The number of hydrogen-bond acceptors (Lipinski definition) is 8. The molecule has 210 valence electrons. The number of morpholine rings is 1. The zero-order valence-electron chi connectivity index (χ0n) is 21.6. The standard InChI is InChI=1S/C25H33F3N4O4S2/c1-4-38(34,35)19-7-5-17(6-8-19)11-29-23(33)24-30-21-20(37-24)14-32(22(21)16(2)3)13-18-12-31(9-10-36-18)15-25(26,27)28/h5-8,16,18,22H,4,9-15H2,1-3H3,(H,29,33)/t18?,22-/m0/s1. The lowest BCUT2D eigenvalue weighted by molar-refractivity contribution is -0.160. The van der Waals surface area contributed by atoms with Gasteiger partial charge >= 0.3 is 6.18 Å². The molecule has 0 bridgehead atoms. The number of halogens is 3. The second-order valence-corrected chi connectivity index (χ2v) is 13.4. The predicted octanol–water partition coefficient (Wildman–Crippen LogP) is 3.64. The van der Waals surface area contributed by atoms with Gasteiger partial charge in [0.1, 0.15) is 0 Å². The minimum absolute atomic E-state index is 0.0246. The van der Waals surface area contributed by atoms with Gasteiger partial charge in [-0.15, -0.1) is 11.3 Å². The van der Waals surface area contributed by atoms with Crippen LogP contribution in [-0.4, -0.2) is 79.9 Å². The molecule has 1 unspecified atom stereocenters. The summed E-state index contributed by atoms with van der Waals surface area (Å²) in [5.41, 5.74) is 1.61. The number of nitrogens with zero attached hydrogens (tertiary/aromatic N) is 3. The average Bonchev–Trinajstić information content (AvgIpc) is 3.39. The summed E-state index contributed by atoms with van der Waals surface area (Å²) in [5, 5.41) is 3.21. The quantitative estimate of drug-likeness (QED) is 0.489. The Morgan fingerprint density at radius 1 is 1.26 bits per heavy atom. The van der Waals surface area contributed by atoms with Gasteiger partial charge in [0.25, 0.3) is 5.91 Å². The molecule has 1 amide bonds. The van der Waals surface area contributed by atoms with Crippen molar-refractivity contribution in [1.29, 1.82) is 0 Å². The highest BCUT2D eigenvalue weighted by Crippen LogP contribution is 2.41. The molecule has 2 atom stereocenters. The number of thiazole rings is 1. The number of aromatic nitrogens is 1. The lowest BCUT2D eigenvalue weighted by atomic mass is 10.0. The molecule has 1 aromatic heterocycles. The first-order chi connectivity index (χ1) is 17.9. The number of carbonyl (C=O) groups is 1. The van der Waals surface area contributed by atoms with Gasteiger partial charge in [0.2, 0.25) is 0 Å². The van der Waals surface area contributed by atoms with Crippen LogP contribution in [0.5, 0.6) is 0 Å². The van der Waals surface area contributed by atoms with Crippen LogP contribution in [0.4, 0.5) is 13.2 Å². The first-order valence-electron chi connectivity index (χ1n) is 12.6. The Hall–Kier alpha value is -2.06. The molecule has 0 radical (unpaired) electrons. The Balaban J connectivity index is 1.37. The molecule has 2 aromatic rings. The third-order valence-corrected chi connectivity index (χ3v) is 9.56. The van der Waals surface area contributed by atoms with Gasteiger partial charge < -0.3 is 10.1 Å². The molecule has 8 nitrogen and oxygen atoms in total. The number of hydrogen-bond donors (Lipinski definition) is 1. The molecule has 1 fully saturated rings. The lowest BCUT2D eigenvalue weighted by Crippen LogP contribution is -2.50. The van der Waals surface area contributed by atoms with Crippen molar-refractivity contribution in [3.8, 4) is 0 Å². The van der Waals surface area contributed by atoms with Gasteiger partial charge in [-0.05, 0) is 23.6 Å². The fraction of sp³-hybridized carbons (Fsp3) is 0.600. The van der Waals surface area contributed by atoms with E-state index in [0.717, 1.165) is 16.1 Å². The van der Waals surface area contributed by atoms with E-state index in [1.807, 2.05) is 0 Å². The summed E-state index contributed by atoms with van der Waals surface area (Å²) in [4.78, 5) is 22.3. The third-order valence-electron chi connectivity index (χ3n) is 6.75. The molecule has 4 rings (SSSR count). The second-order valence-electron chi connectivity index (χ2n) is 10.0. The monoisotopic (exact) mass is 574 g/mol. The van der Waals surface area contributed by atoms with Crippen molar-refractivity contribution in [3.05, 3.63) is 45.4 Å². The van der Waals surface area contributed by atoms with Gasteiger partial charge in [-0.3, -0.25) is 14.6 Å². The largest absolute Gasteiger partial charge is 0.401 e. The molecular formula is C25H33F3N4O4S2. The summed E-state index contributed by atoms with van der Waals surface area (Å²) in [6.45, 7) is 6.83. The fourth-order valence-electron chi connectivity index (χ4n) is 4.97. The van der Waals surface area contributed by atoms with E-state index < -0.39 is 22.6 Å². The van der Waals surface area contributed by atoms with Crippen molar-refractivity contribution in [2.24, 2.45) is 5.92 Å². The van der Waals surface area contributed by atoms with E-state index in [2.05, 4.69) is 29.0 Å². The van der Waals surface area contributed by atoms with Crippen LogP contribution in [0.25, 0.3) is 0 Å². The van der Waals surface area contributed by atoms with Crippen molar-refractivity contribution < 1.29 is 31.1 Å². The summed E-state index contributed by atoms with van der Waals surface area (Å²) in [7, 11) is -3.28. The van der Waals surface area contributed by atoms with Crippen LogP contribution in [0.3, 0.4) is 0 Å². The van der Waals surface area contributed by atoms with Gasteiger partial charge in [0, 0.05) is 37.6 Å². The maximum Gasteiger partial charge on any atom is 0.401 e. The fourth-order valence-corrected chi connectivity index (χ4v) is 6.89. The summed E-state index contributed by atoms with van der Waals surface area (Å²) >= 11 is 1.33. The van der Waals surface area contributed by atoms with Gasteiger partial charge in [-0.2, -0.15) is 13.2 Å². The van der Waals surface area contributed by atoms with Crippen molar-refractivity contribution >= 4 is 27.1 Å². The Morgan fingerprint density at radius 2 is 1.97 bits per heavy atom. The molecule has 1 N–H and O–H groups in total. The molecule has 38 heavy (non-hydrogen) atoms. The lowest BCUT2D eigenvalue weighted by Gasteiger charge is -2.37. The van der Waals surface area contributed by atoms with Crippen molar-refractivity contribution in [2.75, 3.05) is 38.5 Å². The van der Waals surface area contributed by atoms with Gasteiger partial charge in [0.05, 0.1) is 41.6 Å². The molecule has 13 heteroatoms. The minimum atomic E-state index is -4.24. The van der Waals surface area contributed by atoms with Crippen LogP contribution in [0.1, 0.15) is 52.7 Å². The zero-order valence-corrected chi connectivity index (χ0v) is 23.3. The Bertz CT molecular complexity index is 1230. The summed E-state index contributed by atoms with van der Waals surface area (Å²) in [6, 6.07) is 6.38.